The molecule has 5 nitrogen and oxygen atoms in total. The van der Waals surface area contributed by atoms with Gasteiger partial charge in [-0.2, -0.15) is 0 Å². The lowest BCUT2D eigenvalue weighted by Crippen LogP contribution is -2.23. The smallest absolute Gasteiger partial charge is 0.189 e. The van der Waals surface area contributed by atoms with E-state index in [1.165, 1.54) is 0 Å². The molecule has 0 heterocycles. The van der Waals surface area contributed by atoms with Crippen LogP contribution in [-0.2, 0) is 10.5 Å². The third-order valence-electron chi connectivity index (χ3n) is 2.20. The van der Waals surface area contributed by atoms with Crippen molar-refractivity contribution in [1.29, 1.82) is 0 Å². The van der Waals surface area contributed by atoms with Crippen molar-refractivity contribution in [2.24, 2.45) is 0 Å². The van der Waals surface area contributed by atoms with Crippen molar-refractivity contribution in [3.8, 4) is 0 Å². The number of hydrogen-bond donors (Lipinski definition) is 4. The summed E-state index contributed by atoms with van der Waals surface area (Å²) < 4.78 is 4.63. The van der Waals surface area contributed by atoms with E-state index in [9.17, 15) is 10.2 Å². The van der Waals surface area contributed by atoms with Gasteiger partial charge in [-0.05, 0) is 0 Å². The van der Waals surface area contributed by atoms with Gasteiger partial charge in [-0.25, -0.2) is 0 Å². The van der Waals surface area contributed by atoms with Gasteiger partial charge in [0.15, 0.2) is 5.79 Å². The van der Waals surface area contributed by atoms with Crippen LogP contribution in [0.15, 0.2) is 30.3 Å². The standard InChI is InChI=1S/C9H12O2.C4H10O3/c1-2-9(10,11)8-6-4-3-5-7-8;5-1-3-7-4-2-6/h3-7,10-11H,2H2,1H3;5-6H,1-4H2. The molecular weight excluding hydrogens is 236 g/mol. The average molecular weight is 258 g/mol. The molecule has 0 aliphatic carbocycles. The SMILES string of the molecule is CCC(O)(O)c1ccccc1.OCCOCCO. The maximum atomic E-state index is 9.35. The van der Waals surface area contributed by atoms with Crippen molar-refractivity contribution < 1.29 is 25.2 Å². The fraction of sp³-hybridized carbons (Fsp3) is 0.538. The number of aliphatic hydroxyl groups excluding tert-OH is 2. The van der Waals surface area contributed by atoms with Crippen LogP contribution in [0, 0.1) is 0 Å². The van der Waals surface area contributed by atoms with E-state index in [0.717, 1.165) is 0 Å². The maximum absolute atomic E-state index is 9.35. The minimum atomic E-state index is -1.67. The largest absolute Gasteiger partial charge is 0.394 e. The lowest BCUT2D eigenvalue weighted by molar-refractivity contribution is -0.171. The predicted octanol–water partition coefficient (Wildman–Crippen LogP) is 0.222. The molecule has 0 radical (unpaired) electrons. The van der Waals surface area contributed by atoms with Crippen LogP contribution < -0.4 is 0 Å². The van der Waals surface area contributed by atoms with E-state index in [1.807, 2.05) is 6.07 Å². The lowest BCUT2D eigenvalue weighted by atomic mass is 10.0. The van der Waals surface area contributed by atoms with Crippen LogP contribution in [0.25, 0.3) is 0 Å². The minimum Gasteiger partial charge on any atom is -0.394 e. The first kappa shape index (κ1) is 17.0. The van der Waals surface area contributed by atoms with Gasteiger partial charge < -0.3 is 25.2 Å². The average Bonchev–Trinajstić information content (AvgIpc) is 2.41. The lowest BCUT2D eigenvalue weighted by Gasteiger charge is -2.19. The van der Waals surface area contributed by atoms with E-state index in [-0.39, 0.29) is 13.2 Å². The van der Waals surface area contributed by atoms with Gasteiger partial charge in [-0.3, -0.25) is 0 Å². The third kappa shape index (κ3) is 7.37. The van der Waals surface area contributed by atoms with Crippen molar-refractivity contribution in [2.75, 3.05) is 26.4 Å². The highest BCUT2D eigenvalue weighted by molar-refractivity contribution is 5.19. The molecule has 0 aromatic heterocycles. The normalized spacial score (nSPS) is 10.7. The van der Waals surface area contributed by atoms with Crippen LogP contribution in [0.3, 0.4) is 0 Å². The van der Waals surface area contributed by atoms with E-state index in [1.54, 1.807) is 31.2 Å². The molecule has 0 bridgehead atoms. The Morgan fingerprint density at radius 1 is 1.00 bits per heavy atom. The van der Waals surface area contributed by atoms with Crippen LogP contribution in [0.4, 0.5) is 0 Å². The predicted molar refractivity (Wildman–Crippen MR) is 67.8 cm³/mol. The molecule has 0 fully saturated rings. The Hall–Kier alpha value is -0.980. The second-order valence-electron chi connectivity index (χ2n) is 3.60. The minimum absolute atomic E-state index is 0.0278. The van der Waals surface area contributed by atoms with Crippen molar-refractivity contribution in [3.05, 3.63) is 35.9 Å². The van der Waals surface area contributed by atoms with E-state index >= 15 is 0 Å². The monoisotopic (exact) mass is 258 g/mol. The van der Waals surface area contributed by atoms with E-state index in [2.05, 4.69) is 4.74 Å². The van der Waals surface area contributed by atoms with Crippen molar-refractivity contribution in [1.82, 2.24) is 0 Å². The Kier molecular flexibility index (Phi) is 9.45. The molecule has 0 amide bonds. The summed E-state index contributed by atoms with van der Waals surface area (Å²) in [6.07, 6.45) is 0.303. The summed E-state index contributed by atoms with van der Waals surface area (Å²) in [5, 5.41) is 34.9. The molecule has 104 valence electrons. The summed E-state index contributed by atoms with van der Waals surface area (Å²) >= 11 is 0. The Morgan fingerprint density at radius 3 is 1.89 bits per heavy atom. The Balaban J connectivity index is 0.000000360. The Morgan fingerprint density at radius 2 is 1.50 bits per heavy atom. The van der Waals surface area contributed by atoms with Gasteiger partial charge in [0.25, 0.3) is 0 Å². The molecular formula is C13H22O5. The number of ether oxygens (including phenoxy) is 1. The zero-order valence-corrected chi connectivity index (χ0v) is 10.6. The molecule has 4 N–H and O–H groups in total. The zero-order chi connectivity index (χ0) is 13.9. The van der Waals surface area contributed by atoms with Gasteiger partial charge in [0.1, 0.15) is 0 Å². The van der Waals surface area contributed by atoms with Crippen molar-refractivity contribution in [3.63, 3.8) is 0 Å². The number of rotatable bonds is 6. The summed E-state index contributed by atoms with van der Waals surface area (Å²) in [7, 11) is 0. The van der Waals surface area contributed by atoms with Crippen LogP contribution in [0.1, 0.15) is 18.9 Å². The van der Waals surface area contributed by atoms with Crippen LogP contribution in [0.5, 0.6) is 0 Å². The molecule has 5 heteroatoms. The Labute approximate surface area is 107 Å². The first-order valence-corrected chi connectivity index (χ1v) is 5.88. The molecule has 1 aromatic carbocycles. The third-order valence-corrected chi connectivity index (χ3v) is 2.20. The van der Waals surface area contributed by atoms with E-state index in [4.69, 9.17) is 10.2 Å². The summed E-state index contributed by atoms with van der Waals surface area (Å²) in [4.78, 5) is 0. The van der Waals surface area contributed by atoms with E-state index < -0.39 is 5.79 Å². The number of hydrogen-bond acceptors (Lipinski definition) is 5. The second kappa shape index (κ2) is 9.99. The van der Waals surface area contributed by atoms with Crippen LogP contribution in [-0.4, -0.2) is 46.9 Å². The number of benzene rings is 1. The molecule has 1 rings (SSSR count). The molecule has 1 aromatic rings. The fourth-order valence-electron chi connectivity index (χ4n) is 1.14. The fourth-order valence-corrected chi connectivity index (χ4v) is 1.14. The molecule has 0 aliphatic heterocycles. The first-order chi connectivity index (χ1) is 8.58. The van der Waals surface area contributed by atoms with Gasteiger partial charge in [0.05, 0.1) is 26.4 Å². The zero-order valence-electron chi connectivity index (χ0n) is 10.6. The van der Waals surface area contributed by atoms with Crippen molar-refractivity contribution in [2.45, 2.75) is 19.1 Å². The first-order valence-electron chi connectivity index (χ1n) is 5.88. The second-order valence-corrected chi connectivity index (χ2v) is 3.60. The highest BCUT2D eigenvalue weighted by Gasteiger charge is 2.21. The van der Waals surface area contributed by atoms with Gasteiger partial charge in [-0.1, -0.05) is 37.3 Å². The summed E-state index contributed by atoms with van der Waals surface area (Å²) in [6, 6.07) is 8.81. The topological polar surface area (TPSA) is 90.2 Å². The molecule has 0 spiro atoms. The molecule has 0 aliphatic rings. The van der Waals surface area contributed by atoms with Gasteiger partial charge in [0, 0.05) is 12.0 Å². The van der Waals surface area contributed by atoms with E-state index in [0.29, 0.717) is 25.2 Å². The van der Waals surface area contributed by atoms with Crippen LogP contribution >= 0.6 is 0 Å². The summed E-state index contributed by atoms with van der Waals surface area (Å²) in [6.45, 7) is 2.42. The highest BCUT2D eigenvalue weighted by Crippen LogP contribution is 2.20. The van der Waals surface area contributed by atoms with Crippen LogP contribution in [0.2, 0.25) is 0 Å². The molecule has 0 saturated heterocycles. The summed E-state index contributed by atoms with van der Waals surface area (Å²) in [5.41, 5.74) is 0.544. The molecule has 0 atom stereocenters. The van der Waals surface area contributed by atoms with Crippen molar-refractivity contribution >= 4 is 0 Å². The molecule has 0 saturated carbocycles. The highest BCUT2D eigenvalue weighted by atomic mass is 16.5. The van der Waals surface area contributed by atoms with Gasteiger partial charge >= 0.3 is 0 Å². The number of aliphatic hydroxyl groups is 4. The Bertz CT molecular complexity index is 283. The van der Waals surface area contributed by atoms with Gasteiger partial charge in [0.2, 0.25) is 0 Å². The molecule has 18 heavy (non-hydrogen) atoms. The molecule has 0 unspecified atom stereocenters. The van der Waals surface area contributed by atoms with Gasteiger partial charge in [-0.15, -0.1) is 0 Å². The summed E-state index contributed by atoms with van der Waals surface area (Å²) in [5.74, 6) is -1.67. The quantitative estimate of drug-likeness (QED) is 0.433. The maximum Gasteiger partial charge on any atom is 0.189 e.